The minimum Gasteiger partial charge on any atom is -0.466 e. The highest BCUT2D eigenvalue weighted by Crippen LogP contribution is 2.19. The van der Waals surface area contributed by atoms with Crippen molar-refractivity contribution in [2.75, 3.05) is 13.2 Å². The molecule has 0 aliphatic heterocycles. The zero-order valence-corrected chi connectivity index (χ0v) is 56.5. The predicted octanol–water partition coefficient (Wildman–Crippen LogP) is 24.9. The minimum absolute atomic E-state index is 0.0223. The fraction of sp³-hybridized carbons (Fsp3) is 0.922. The Labute approximate surface area is 520 Å². The van der Waals surface area contributed by atoms with Crippen molar-refractivity contribution < 1.29 is 24.5 Å². The molecule has 3 N–H and O–H groups in total. The molecule has 0 bridgehead atoms. The molecule has 2 unspecified atom stereocenters. The molecule has 0 rings (SSSR count). The molecule has 83 heavy (non-hydrogen) atoms. The van der Waals surface area contributed by atoms with Crippen LogP contribution in [-0.4, -0.2) is 47.4 Å². The Morgan fingerprint density at radius 3 is 0.855 bits per heavy atom. The van der Waals surface area contributed by atoms with E-state index in [9.17, 15) is 19.8 Å². The number of aliphatic hydroxyl groups is 2. The third kappa shape index (κ3) is 69.3. The molecule has 6 nitrogen and oxygen atoms in total. The third-order valence-corrected chi connectivity index (χ3v) is 18.0. The molecule has 2 atom stereocenters. The summed E-state index contributed by atoms with van der Waals surface area (Å²) in [5.41, 5.74) is 0. The quantitative estimate of drug-likeness (QED) is 0.0320. The number of ether oxygens (including phenoxy) is 1. The highest BCUT2D eigenvalue weighted by atomic mass is 16.5. The van der Waals surface area contributed by atoms with Crippen molar-refractivity contribution in [2.24, 2.45) is 0 Å². The molecule has 0 fully saturated rings. The summed E-state index contributed by atoms with van der Waals surface area (Å²) in [7, 11) is 0. The van der Waals surface area contributed by atoms with Gasteiger partial charge in [0.2, 0.25) is 5.91 Å². The molecule has 0 aliphatic rings. The molecule has 0 saturated heterocycles. The van der Waals surface area contributed by atoms with Gasteiger partial charge in [-0.05, 0) is 57.8 Å². The molecule has 6 heteroatoms. The van der Waals surface area contributed by atoms with Crippen molar-refractivity contribution in [1.82, 2.24) is 5.32 Å². The van der Waals surface area contributed by atoms with Crippen LogP contribution in [0.15, 0.2) is 24.3 Å². The maximum Gasteiger partial charge on any atom is 0.305 e. The van der Waals surface area contributed by atoms with Crippen LogP contribution in [-0.2, 0) is 14.3 Å². The zero-order valence-electron chi connectivity index (χ0n) is 56.5. The molecule has 0 heterocycles. The van der Waals surface area contributed by atoms with E-state index in [1.165, 1.54) is 366 Å². The lowest BCUT2D eigenvalue weighted by Gasteiger charge is -2.20. The second kappa shape index (κ2) is 72.8. The Bertz CT molecular complexity index is 1300. The molecule has 492 valence electrons. The van der Waals surface area contributed by atoms with E-state index in [2.05, 4.69) is 31.3 Å². The van der Waals surface area contributed by atoms with Crippen LogP contribution >= 0.6 is 0 Å². The van der Waals surface area contributed by atoms with Gasteiger partial charge >= 0.3 is 5.97 Å². The number of hydrogen-bond donors (Lipinski definition) is 3. The maximum atomic E-state index is 12.5. The Morgan fingerprint density at radius 2 is 0.566 bits per heavy atom. The maximum absolute atomic E-state index is 12.5. The largest absolute Gasteiger partial charge is 0.466 e. The van der Waals surface area contributed by atoms with Crippen molar-refractivity contribution in [1.29, 1.82) is 0 Å². The first-order chi connectivity index (χ1) is 41.0. The van der Waals surface area contributed by atoms with E-state index in [1.807, 2.05) is 6.08 Å². The highest BCUT2D eigenvalue weighted by Gasteiger charge is 2.18. The smallest absolute Gasteiger partial charge is 0.305 e. The van der Waals surface area contributed by atoms with Crippen molar-refractivity contribution >= 4 is 11.9 Å². The van der Waals surface area contributed by atoms with E-state index in [-0.39, 0.29) is 18.5 Å². The van der Waals surface area contributed by atoms with Gasteiger partial charge in [-0.2, -0.15) is 0 Å². The van der Waals surface area contributed by atoms with Crippen molar-refractivity contribution in [3.63, 3.8) is 0 Å². The van der Waals surface area contributed by atoms with Crippen LogP contribution in [0.25, 0.3) is 0 Å². The second-order valence-corrected chi connectivity index (χ2v) is 26.3. The van der Waals surface area contributed by atoms with Crippen LogP contribution in [0.4, 0.5) is 0 Å². The number of hydrogen-bond acceptors (Lipinski definition) is 5. The summed E-state index contributed by atoms with van der Waals surface area (Å²) in [6, 6.07) is -0.627. The van der Waals surface area contributed by atoms with E-state index in [0.29, 0.717) is 19.4 Å². The molecule has 0 saturated carbocycles. The third-order valence-electron chi connectivity index (χ3n) is 18.0. The molecule has 0 aliphatic carbocycles. The second-order valence-electron chi connectivity index (χ2n) is 26.3. The van der Waals surface area contributed by atoms with Gasteiger partial charge in [-0.3, -0.25) is 9.59 Å². The van der Waals surface area contributed by atoms with Gasteiger partial charge in [0.25, 0.3) is 0 Å². The Morgan fingerprint density at radius 1 is 0.325 bits per heavy atom. The molecule has 0 radical (unpaired) electrons. The SMILES string of the molecule is CCCCCCCCCCCCCCCCCC/C=C/C(O)C(CO)NC(=O)CCCCCCCCCCCCCCCCC/C=C\CCCCCCCCCCCCCCOC(=O)CCCCCCCCCCCCCCCCCCC. The van der Waals surface area contributed by atoms with Gasteiger partial charge < -0.3 is 20.3 Å². The summed E-state index contributed by atoms with van der Waals surface area (Å²) < 4.78 is 5.51. The van der Waals surface area contributed by atoms with Crippen LogP contribution in [0.3, 0.4) is 0 Å². The summed E-state index contributed by atoms with van der Waals surface area (Å²) in [4.78, 5) is 24.6. The topological polar surface area (TPSA) is 95.9 Å². The number of aliphatic hydroxyl groups excluding tert-OH is 2. The number of carbonyl (C=O) groups excluding carboxylic acids is 2. The lowest BCUT2D eigenvalue weighted by atomic mass is 10.0. The molecule has 0 aromatic heterocycles. The molecule has 0 aromatic rings. The fourth-order valence-corrected chi connectivity index (χ4v) is 12.2. The lowest BCUT2D eigenvalue weighted by Crippen LogP contribution is -2.45. The first kappa shape index (κ1) is 81.3. The summed E-state index contributed by atoms with van der Waals surface area (Å²) in [6.45, 7) is 4.96. The van der Waals surface area contributed by atoms with Crippen molar-refractivity contribution in [2.45, 2.75) is 443 Å². The van der Waals surface area contributed by atoms with E-state index in [4.69, 9.17) is 4.74 Å². The van der Waals surface area contributed by atoms with Crippen LogP contribution < -0.4 is 5.32 Å². The monoisotopic (exact) mass is 1170 g/mol. The number of carbonyl (C=O) groups is 2. The van der Waals surface area contributed by atoms with Crippen molar-refractivity contribution in [3.05, 3.63) is 24.3 Å². The van der Waals surface area contributed by atoms with Gasteiger partial charge in [0.05, 0.1) is 25.4 Å². The normalized spacial score (nSPS) is 12.6. The Balaban J connectivity index is 3.36. The lowest BCUT2D eigenvalue weighted by molar-refractivity contribution is -0.143. The van der Waals surface area contributed by atoms with Gasteiger partial charge in [-0.25, -0.2) is 0 Å². The first-order valence-electron chi connectivity index (χ1n) is 38.1. The summed E-state index contributed by atoms with van der Waals surface area (Å²) in [5, 5.41) is 23.2. The zero-order chi connectivity index (χ0) is 59.9. The number of amides is 1. The first-order valence-corrected chi connectivity index (χ1v) is 38.1. The number of rotatable bonds is 72. The van der Waals surface area contributed by atoms with E-state index < -0.39 is 12.1 Å². The molecule has 1 amide bonds. The summed E-state index contributed by atoms with van der Waals surface area (Å²) in [5.74, 6) is -0.0398. The van der Waals surface area contributed by atoms with Gasteiger partial charge in [0.1, 0.15) is 0 Å². The van der Waals surface area contributed by atoms with Gasteiger partial charge in [-0.1, -0.05) is 385 Å². The highest BCUT2D eigenvalue weighted by molar-refractivity contribution is 5.76. The van der Waals surface area contributed by atoms with Crippen LogP contribution in [0.2, 0.25) is 0 Å². The van der Waals surface area contributed by atoms with Gasteiger partial charge in [-0.15, -0.1) is 0 Å². The van der Waals surface area contributed by atoms with E-state index in [1.54, 1.807) is 6.08 Å². The van der Waals surface area contributed by atoms with Crippen molar-refractivity contribution in [3.8, 4) is 0 Å². The fourth-order valence-electron chi connectivity index (χ4n) is 12.2. The van der Waals surface area contributed by atoms with E-state index in [0.717, 1.165) is 38.5 Å². The summed E-state index contributed by atoms with van der Waals surface area (Å²) in [6.07, 6.45) is 92.8. The molecule has 0 aromatic carbocycles. The van der Waals surface area contributed by atoms with Gasteiger partial charge in [0, 0.05) is 12.8 Å². The molecule has 0 spiro atoms. The predicted molar refractivity (Wildman–Crippen MR) is 366 cm³/mol. The van der Waals surface area contributed by atoms with E-state index >= 15 is 0 Å². The van der Waals surface area contributed by atoms with Crippen LogP contribution in [0, 0.1) is 0 Å². The standard InChI is InChI=1S/C77H149NO5/c1-3-5-7-9-11-13-15-17-19-21-38-41-45-49-53-57-61-65-69-75(80)74(73-79)78-76(81)70-66-62-58-54-50-46-42-39-35-33-31-29-27-25-23-22-24-26-28-30-32-34-36-40-44-48-52-56-60-64-68-72-83-77(82)71-67-63-59-55-51-47-43-37-20-18-16-14-12-10-8-6-4-2/h24,26,65,69,74-75,79-80H,3-23,25,27-64,66-68,70-73H2,1-2H3,(H,78,81)/b26-24-,69-65+. The Kier molecular flexibility index (Phi) is 71.4. The number of esters is 1. The molecular weight excluding hydrogens is 1020 g/mol. The molecular formula is C77H149NO5. The summed E-state index contributed by atoms with van der Waals surface area (Å²) >= 11 is 0. The minimum atomic E-state index is -0.843. The number of unbranched alkanes of at least 4 members (excludes halogenated alkanes) is 59. The average molecular weight is 1170 g/mol. The van der Waals surface area contributed by atoms with Gasteiger partial charge in [0.15, 0.2) is 0 Å². The number of allylic oxidation sites excluding steroid dienone is 3. The Hall–Kier alpha value is -1.66. The average Bonchev–Trinajstić information content (AvgIpc) is 3.49. The van der Waals surface area contributed by atoms with Crippen LogP contribution in [0.5, 0.6) is 0 Å². The van der Waals surface area contributed by atoms with Crippen LogP contribution in [0.1, 0.15) is 431 Å². The number of nitrogens with one attached hydrogen (secondary N) is 1.